The molecule has 27 heavy (non-hydrogen) atoms. The molecular weight excluding hydrogens is 358 g/mol. The number of anilines is 1. The van der Waals surface area contributed by atoms with Crippen molar-refractivity contribution in [3.8, 4) is 11.5 Å². The minimum atomic E-state index is -0.255. The summed E-state index contributed by atoms with van der Waals surface area (Å²) in [6.45, 7) is 2.08. The molecular formula is C21H21N3O2S. The van der Waals surface area contributed by atoms with Crippen LogP contribution in [-0.4, -0.2) is 21.9 Å². The Morgan fingerprint density at radius 1 is 1.11 bits per heavy atom. The van der Waals surface area contributed by atoms with Gasteiger partial charge in [0, 0.05) is 16.0 Å². The van der Waals surface area contributed by atoms with Crippen LogP contribution in [0, 0.1) is 0 Å². The quantitative estimate of drug-likeness (QED) is 0.633. The van der Waals surface area contributed by atoms with Crippen molar-refractivity contribution in [2.24, 2.45) is 0 Å². The number of hydrogen-bond donors (Lipinski definition) is 1. The number of benzene rings is 2. The number of hydrogen-bond acceptors (Lipinski definition) is 5. The Balaban J connectivity index is 1.49. The fourth-order valence-electron chi connectivity index (χ4n) is 3.32. The third-order valence-electron chi connectivity index (χ3n) is 4.65. The summed E-state index contributed by atoms with van der Waals surface area (Å²) in [5, 5.41) is 10.8. The van der Waals surface area contributed by atoms with Crippen molar-refractivity contribution in [2.45, 2.75) is 37.5 Å². The van der Waals surface area contributed by atoms with E-state index < -0.39 is 0 Å². The molecule has 0 bridgehead atoms. The van der Waals surface area contributed by atoms with Gasteiger partial charge in [-0.1, -0.05) is 24.2 Å². The molecule has 1 aromatic heterocycles. The highest BCUT2D eigenvalue weighted by atomic mass is 32.2. The molecule has 138 valence electrons. The van der Waals surface area contributed by atoms with Crippen molar-refractivity contribution in [2.75, 3.05) is 11.1 Å². The maximum atomic E-state index is 12.5. The molecule has 1 heterocycles. The van der Waals surface area contributed by atoms with Gasteiger partial charge in [0.15, 0.2) is 0 Å². The molecule has 4 rings (SSSR count). The van der Waals surface area contributed by atoms with E-state index in [9.17, 15) is 4.79 Å². The number of aromatic nitrogens is 2. The molecule has 1 aliphatic carbocycles. The van der Waals surface area contributed by atoms with Crippen LogP contribution in [0.25, 0.3) is 11.5 Å². The number of thioether (sulfide) groups is 1. The zero-order chi connectivity index (χ0) is 18.6. The van der Waals surface area contributed by atoms with Gasteiger partial charge >= 0.3 is 6.01 Å². The van der Waals surface area contributed by atoms with Crippen LogP contribution < -0.4 is 5.32 Å². The number of aryl methyl sites for hydroxylation is 2. The topological polar surface area (TPSA) is 68.0 Å². The summed E-state index contributed by atoms with van der Waals surface area (Å²) in [4.78, 5) is 13.5. The second-order valence-electron chi connectivity index (χ2n) is 6.52. The van der Waals surface area contributed by atoms with E-state index in [2.05, 4.69) is 34.6 Å². The van der Waals surface area contributed by atoms with Gasteiger partial charge in [-0.3, -0.25) is 10.1 Å². The summed E-state index contributed by atoms with van der Waals surface area (Å²) in [6, 6.07) is 13.9. The molecule has 1 N–H and O–H groups in total. The van der Waals surface area contributed by atoms with Crippen LogP contribution >= 0.6 is 11.8 Å². The van der Waals surface area contributed by atoms with Gasteiger partial charge in [0.1, 0.15) is 0 Å². The first-order valence-corrected chi connectivity index (χ1v) is 10.2. The molecule has 0 fully saturated rings. The number of amides is 1. The van der Waals surface area contributed by atoms with Crippen molar-refractivity contribution in [3.63, 3.8) is 0 Å². The van der Waals surface area contributed by atoms with Crippen molar-refractivity contribution < 1.29 is 9.21 Å². The van der Waals surface area contributed by atoms with E-state index in [1.54, 1.807) is 17.8 Å². The van der Waals surface area contributed by atoms with Crippen molar-refractivity contribution in [1.29, 1.82) is 0 Å². The largest absolute Gasteiger partial charge is 0.403 e. The number of carbonyl (C=O) groups is 1. The molecule has 6 heteroatoms. The van der Waals surface area contributed by atoms with E-state index in [0.717, 1.165) is 29.1 Å². The summed E-state index contributed by atoms with van der Waals surface area (Å²) in [5.74, 6) is 1.13. The maximum Gasteiger partial charge on any atom is 0.322 e. The fraction of sp³-hybridized carbons (Fsp3) is 0.286. The van der Waals surface area contributed by atoms with Gasteiger partial charge in [0.2, 0.25) is 5.89 Å². The molecule has 1 amide bonds. The van der Waals surface area contributed by atoms with Crippen LogP contribution in [0.5, 0.6) is 0 Å². The molecule has 0 atom stereocenters. The van der Waals surface area contributed by atoms with Gasteiger partial charge < -0.3 is 4.42 Å². The number of rotatable bonds is 5. The molecule has 5 nitrogen and oxygen atoms in total. The minimum Gasteiger partial charge on any atom is -0.403 e. The first-order chi connectivity index (χ1) is 13.2. The summed E-state index contributed by atoms with van der Waals surface area (Å²) in [5.41, 5.74) is 4.22. The summed E-state index contributed by atoms with van der Waals surface area (Å²) >= 11 is 1.69. The normalized spacial score (nSPS) is 13.2. The van der Waals surface area contributed by atoms with Crippen molar-refractivity contribution >= 4 is 23.7 Å². The molecule has 0 saturated carbocycles. The van der Waals surface area contributed by atoms with Gasteiger partial charge in [-0.25, -0.2) is 0 Å². The highest BCUT2D eigenvalue weighted by Gasteiger charge is 2.15. The zero-order valence-electron chi connectivity index (χ0n) is 15.2. The Morgan fingerprint density at radius 2 is 1.96 bits per heavy atom. The van der Waals surface area contributed by atoms with E-state index in [0.29, 0.717) is 11.5 Å². The predicted octanol–water partition coefficient (Wildman–Crippen LogP) is 4.98. The second-order valence-corrected chi connectivity index (χ2v) is 7.86. The molecule has 0 aliphatic heterocycles. The Bertz CT molecular complexity index is 968. The lowest BCUT2D eigenvalue weighted by Crippen LogP contribution is -2.12. The Kier molecular flexibility index (Phi) is 5.25. The molecule has 0 radical (unpaired) electrons. The third kappa shape index (κ3) is 4.06. The lowest BCUT2D eigenvalue weighted by Gasteiger charge is -2.15. The van der Waals surface area contributed by atoms with Gasteiger partial charge in [-0.05, 0) is 72.9 Å². The Hall–Kier alpha value is -2.60. The summed E-state index contributed by atoms with van der Waals surface area (Å²) < 4.78 is 5.67. The molecule has 3 aromatic rings. The highest BCUT2D eigenvalue weighted by molar-refractivity contribution is 7.99. The van der Waals surface area contributed by atoms with Gasteiger partial charge in [0.05, 0.1) is 0 Å². The number of fused-ring (bicyclic) bond motifs is 1. The SMILES string of the molecule is CCSc1cccc(C(=O)Nc2nnc(-c3ccc4c(c3)CCCC4)o2)c1. The van der Waals surface area contributed by atoms with Crippen LogP contribution in [0.3, 0.4) is 0 Å². The van der Waals surface area contributed by atoms with Crippen molar-refractivity contribution in [3.05, 3.63) is 59.2 Å². The lowest BCUT2D eigenvalue weighted by molar-refractivity contribution is 0.102. The minimum absolute atomic E-state index is 0.112. The smallest absolute Gasteiger partial charge is 0.322 e. The number of nitrogens with one attached hydrogen (secondary N) is 1. The van der Waals surface area contributed by atoms with E-state index in [4.69, 9.17) is 4.42 Å². The molecule has 0 unspecified atom stereocenters. The van der Waals surface area contributed by atoms with E-state index in [1.165, 1.54) is 24.0 Å². The average molecular weight is 379 g/mol. The molecule has 2 aromatic carbocycles. The zero-order valence-corrected chi connectivity index (χ0v) is 16.0. The van der Waals surface area contributed by atoms with Crippen LogP contribution in [0.1, 0.15) is 41.3 Å². The Labute approximate surface area is 162 Å². The van der Waals surface area contributed by atoms with Crippen LogP contribution in [-0.2, 0) is 12.8 Å². The van der Waals surface area contributed by atoms with Gasteiger partial charge in [0.25, 0.3) is 5.91 Å². The highest BCUT2D eigenvalue weighted by Crippen LogP contribution is 2.27. The first kappa shape index (κ1) is 17.8. The van der Waals surface area contributed by atoms with Gasteiger partial charge in [-0.15, -0.1) is 16.9 Å². The molecule has 0 spiro atoms. The standard InChI is InChI=1S/C21H21N3O2S/c1-2-27-18-9-5-8-16(13-18)19(25)22-21-24-23-20(26-21)17-11-10-14-6-3-4-7-15(14)12-17/h5,8-13H,2-4,6-7H2,1H3,(H,22,24,25). The predicted molar refractivity (Wildman–Crippen MR) is 107 cm³/mol. The maximum absolute atomic E-state index is 12.5. The summed E-state index contributed by atoms with van der Waals surface area (Å²) in [6.07, 6.45) is 4.70. The molecule has 1 aliphatic rings. The van der Waals surface area contributed by atoms with Crippen LogP contribution in [0.4, 0.5) is 6.01 Å². The number of nitrogens with zero attached hydrogens (tertiary/aromatic N) is 2. The Morgan fingerprint density at radius 3 is 2.81 bits per heavy atom. The van der Waals surface area contributed by atoms with E-state index in [-0.39, 0.29) is 11.9 Å². The van der Waals surface area contributed by atoms with E-state index in [1.807, 2.05) is 24.3 Å². The fourth-order valence-corrected chi connectivity index (χ4v) is 4.04. The lowest BCUT2D eigenvalue weighted by atomic mass is 9.90. The monoisotopic (exact) mass is 379 g/mol. The van der Waals surface area contributed by atoms with Crippen LogP contribution in [0.2, 0.25) is 0 Å². The van der Waals surface area contributed by atoms with Crippen molar-refractivity contribution in [1.82, 2.24) is 10.2 Å². The first-order valence-electron chi connectivity index (χ1n) is 9.23. The van der Waals surface area contributed by atoms with E-state index >= 15 is 0 Å². The van der Waals surface area contributed by atoms with Gasteiger partial charge in [-0.2, -0.15) is 0 Å². The molecule has 0 saturated heterocycles. The third-order valence-corrected chi connectivity index (χ3v) is 5.52. The summed E-state index contributed by atoms with van der Waals surface area (Å²) in [7, 11) is 0. The van der Waals surface area contributed by atoms with Crippen LogP contribution in [0.15, 0.2) is 51.8 Å². The second kappa shape index (κ2) is 7.96. The number of carbonyl (C=O) groups excluding carboxylic acids is 1. The average Bonchev–Trinajstić information content (AvgIpc) is 3.16.